The average Bonchev–Trinajstić information content (AvgIpc) is 3.46. The van der Waals surface area contributed by atoms with Crippen molar-refractivity contribution < 1.29 is 8.42 Å². The van der Waals surface area contributed by atoms with Crippen molar-refractivity contribution in [3.8, 4) is 0 Å². The van der Waals surface area contributed by atoms with E-state index in [-0.39, 0.29) is 5.13 Å². The van der Waals surface area contributed by atoms with Crippen molar-refractivity contribution in [2.45, 2.75) is 13.5 Å². The molecule has 4 rings (SSSR count). The van der Waals surface area contributed by atoms with Crippen LogP contribution in [0.15, 0.2) is 48.9 Å². The van der Waals surface area contributed by atoms with Crippen LogP contribution < -0.4 is 20.7 Å². The van der Waals surface area contributed by atoms with Crippen molar-refractivity contribution in [3.63, 3.8) is 0 Å². The van der Waals surface area contributed by atoms with Gasteiger partial charge in [0.25, 0.3) is 0 Å². The summed E-state index contributed by atoms with van der Waals surface area (Å²) in [5, 5.41) is 15.7. The topological polar surface area (TPSA) is 126 Å². The molecule has 0 fully saturated rings. The Morgan fingerprint density at radius 2 is 2.00 bits per heavy atom. The van der Waals surface area contributed by atoms with Gasteiger partial charge in [0.2, 0.25) is 5.13 Å². The lowest BCUT2D eigenvalue weighted by Crippen LogP contribution is -2.22. The third-order valence-electron chi connectivity index (χ3n) is 4.79. The number of hydrogen-bond acceptors (Lipinski definition) is 9. The highest BCUT2D eigenvalue weighted by Crippen LogP contribution is 2.27. The lowest BCUT2D eigenvalue weighted by Gasteiger charge is -2.15. The molecule has 33 heavy (non-hydrogen) atoms. The molecule has 174 valence electrons. The maximum absolute atomic E-state index is 12.8. The Labute approximate surface area is 200 Å². The van der Waals surface area contributed by atoms with E-state index in [1.807, 2.05) is 24.3 Å². The van der Waals surface area contributed by atoms with Crippen molar-refractivity contribution in [2.75, 3.05) is 35.0 Å². The molecule has 0 saturated carbocycles. The van der Waals surface area contributed by atoms with Gasteiger partial charge in [0, 0.05) is 53.0 Å². The second kappa shape index (κ2) is 10.3. The first-order chi connectivity index (χ1) is 16.0. The number of nitrogens with one attached hydrogen (secondary N) is 4. The molecule has 0 unspecified atom stereocenters. The van der Waals surface area contributed by atoms with Gasteiger partial charge in [-0.25, -0.2) is 9.71 Å². The van der Waals surface area contributed by atoms with Gasteiger partial charge < -0.3 is 16.0 Å². The summed E-state index contributed by atoms with van der Waals surface area (Å²) in [7, 11) is -3.97. The molecule has 2 aromatic carbocycles. The molecule has 0 radical (unpaired) electrons. The van der Waals surface area contributed by atoms with E-state index < -0.39 is 10.2 Å². The molecule has 0 aliphatic rings. The maximum Gasteiger partial charge on any atom is 0.345 e. The molecule has 0 saturated heterocycles. The van der Waals surface area contributed by atoms with E-state index in [9.17, 15) is 8.42 Å². The SMILES string of the molecule is CCNCCNc1cc(Cl)ccc1CNc1cccc2c1cnn2S(=O)(=O)Nc1ncns1. The summed E-state index contributed by atoms with van der Waals surface area (Å²) in [4.78, 5) is 3.86. The second-order valence-corrected chi connectivity index (χ2v) is 9.73. The highest BCUT2D eigenvalue weighted by molar-refractivity contribution is 7.91. The zero-order valence-corrected chi connectivity index (χ0v) is 20.1. The van der Waals surface area contributed by atoms with Crippen LogP contribution in [0.3, 0.4) is 0 Å². The van der Waals surface area contributed by atoms with E-state index in [4.69, 9.17) is 11.6 Å². The second-order valence-electron chi connectivity index (χ2n) is 7.01. The number of anilines is 3. The van der Waals surface area contributed by atoms with Crippen LogP contribution in [0.25, 0.3) is 10.9 Å². The van der Waals surface area contributed by atoms with Crippen LogP contribution in [0.1, 0.15) is 12.5 Å². The summed E-state index contributed by atoms with van der Waals surface area (Å²) in [5.41, 5.74) is 3.18. The number of likely N-dealkylation sites (N-methyl/N-ethyl adjacent to an activating group) is 1. The quantitative estimate of drug-likeness (QED) is 0.228. The summed E-state index contributed by atoms with van der Waals surface area (Å²) >= 11 is 7.14. The van der Waals surface area contributed by atoms with Crippen molar-refractivity contribution in [1.29, 1.82) is 0 Å². The number of aromatic nitrogens is 4. The zero-order valence-electron chi connectivity index (χ0n) is 17.7. The summed E-state index contributed by atoms with van der Waals surface area (Å²) in [6, 6.07) is 11.1. The standard InChI is InChI=1S/C20H23ClN8O2S2/c1-2-22-8-9-23-18-10-15(21)7-6-14(18)11-24-17-4-3-5-19-16(17)12-26-29(19)33(30,31)28-20-25-13-27-32-20/h3-7,10,12-13,22-24H,2,8-9,11H2,1H3,(H,25,27,28). The molecule has 2 heterocycles. The molecule has 0 spiro atoms. The van der Waals surface area contributed by atoms with E-state index in [1.165, 1.54) is 12.5 Å². The number of halogens is 1. The minimum atomic E-state index is -3.97. The van der Waals surface area contributed by atoms with Crippen LogP contribution in [-0.2, 0) is 16.8 Å². The molecule has 2 aromatic heterocycles. The Morgan fingerprint density at radius 3 is 2.79 bits per heavy atom. The molecule has 0 atom stereocenters. The van der Waals surface area contributed by atoms with Gasteiger partial charge in [-0.1, -0.05) is 30.7 Å². The Kier molecular flexibility index (Phi) is 7.28. The van der Waals surface area contributed by atoms with Gasteiger partial charge in [-0.2, -0.15) is 17.9 Å². The lowest BCUT2D eigenvalue weighted by atomic mass is 10.1. The minimum Gasteiger partial charge on any atom is -0.383 e. The number of benzene rings is 2. The van der Waals surface area contributed by atoms with Crippen LogP contribution >= 0.6 is 23.1 Å². The van der Waals surface area contributed by atoms with Crippen LogP contribution in [0.4, 0.5) is 16.5 Å². The molecular weight excluding hydrogens is 484 g/mol. The number of hydrogen-bond donors (Lipinski definition) is 4. The molecule has 0 aliphatic heterocycles. The van der Waals surface area contributed by atoms with Gasteiger partial charge in [-0.15, -0.1) is 4.09 Å². The minimum absolute atomic E-state index is 0.171. The summed E-state index contributed by atoms with van der Waals surface area (Å²) in [6.07, 6.45) is 2.81. The number of fused-ring (bicyclic) bond motifs is 1. The van der Waals surface area contributed by atoms with E-state index in [1.54, 1.807) is 12.1 Å². The fraction of sp³-hybridized carbons (Fsp3) is 0.250. The lowest BCUT2D eigenvalue weighted by molar-refractivity contribution is 0.588. The van der Waals surface area contributed by atoms with Crippen molar-refractivity contribution >= 4 is 60.8 Å². The summed E-state index contributed by atoms with van der Waals surface area (Å²) < 4.78 is 32.7. The fourth-order valence-corrected chi connectivity index (χ4v) is 5.14. The van der Waals surface area contributed by atoms with E-state index in [2.05, 4.69) is 42.1 Å². The first-order valence-corrected chi connectivity index (χ1v) is 12.8. The van der Waals surface area contributed by atoms with E-state index in [0.29, 0.717) is 22.5 Å². The van der Waals surface area contributed by atoms with Gasteiger partial charge in [0.05, 0.1) is 11.7 Å². The molecule has 13 heteroatoms. The Balaban J connectivity index is 1.54. The monoisotopic (exact) mass is 506 g/mol. The van der Waals surface area contributed by atoms with Gasteiger partial charge >= 0.3 is 10.2 Å². The predicted octanol–water partition coefficient (Wildman–Crippen LogP) is 3.38. The zero-order chi connectivity index (χ0) is 23.3. The van der Waals surface area contributed by atoms with Crippen molar-refractivity contribution in [1.82, 2.24) is 23.9 Å². The molecule has 10 nitrogen and oxygen atoms in total. The highest BCUT2D eigenvalue weighted by Gasteiger charge is 2.20. The molecule has 4 aromatic rings. The Bertz CT molecular complexity index is 1330. The third kappa shape index (κ3) is 5.53. The van der Waals surface area contributed by atoms with Crippen molar-refractivity contribution in [2.24, 2.45) is 0 Å². The average molecular weight is 507 g/mol. The molecule has 0 amide bonds. The Hall–Kier alpha value is -2.93. The first kappa shape index (κ1) is 23.2. The van der Waals surface area contributed by atoms with Crippen molar-refractivity contribution in [3.05, 3.63) is 59.5 Å². The normalized spacial score (nSPS) is 11.6. The number of rotatable bonds is 11. The fourth-order valence-electron chi connectivity index (χ4n) is 3.27. The first-order valence-electron chi connectivity index (χ1n) is 10.2. The van der Waals surface area contributed by atoms with Gasteiger partial charge in [-0.3, -0.25) is 0 Å². The summed E-state index contributed by atoms with van der Waals surface area (Å²) in [6.45, 7) is 5.10. The molecule has 0 aliphatic carbocycles. The maximum atomic E-state index is 12.8. The van der Waals surface area contributed by atoms with Crippen LogP contribution in [-0.4, -0.2) is 46.6 Å². The van der Waals surface area contributed by atoms with Crippen LogP contribution in [0, 0.1) is 0 Å². The van der Waals surface area contributed by atoms with Gasteiger partial charge in [0.15, 0.2) is 0 Å². The number of nitrogens with zero attached hydrogens (tertiary/aromatic N) is 4. The van der Waals surface area contributed by atoms with Gasteiger partial charge in [0.1, 0.15) is 6.33 Å². The smallest absolute Gasteiger partial charge is 0.345 e. The van der Waals surface area contributed by atoms with E-state index in [0.717, 1.165) is 52.2 Å². The Morgan fingerprint density at radius 1 is 1.12 bits per heavy atom. The van der Waals surface area contributed by atoms with Crippen LogP contribution in [0.5, 0.6) is 0 Å². The molecule has 4 N–H and O–H groups in total. The molecule has 0 bridgehead atoms. The highest BCUT2D eigenvalue weighted by atomic mass is 35.5. The largest absolute Gasteiger partial charge is 0.383 e. The predicted molar refractivity (Wildman–Crippen MR) is 133 cm³/mol. The summed E-state index contributed by atoms with van der Waals surface area (Å²) in [5.74, 6) is 0. The van der Waals surface area contributed by atoms with Gasteiger partial charge in [-0.05, 0) is 36.4 Å². The van der Waals surface area contributed by atoms with E-state index >= 15 is 0 Å². The van der Waals surface area contributed by atoms with Crippen LogP contribution in [0.2, 0.25) is 5.02 Å². The molecular formula is C20H23ClN8O2S2. The third-order valence-corrected chi connectivity index (χ3v) is 6.94.